The quantitative estimate of drug-likeness (QED) is 0.819. The summed E-state index contributed by atoms with van der Waals surface area (Å²) < 4.78 is 5.61. The number of morpholine rings is 1. The van der Waals surface area contributed by atoms with Crippen LogP contribution in [0.4, 0.5) is 5.95 Å². The van der Waals surface area contributed by atoms with Crippen LogP contribution in [0.1, 0.15) is 24.2 Å². The van der Waals surface area contributed by atoms with Crippen LogP contribution in [0.25, 0.3) is 0 Å². The van der Waals surface area contributed by atoms with E-state index in [-0.39, 0.29) is 17.8 Å². The molecule has 1 saturated heterocycles. The third-order valence-corrected chi connectivity index (χ3v) is 2.59. The zero-order valence-electron chi connectivity index (χ0n) is 9.83. The predicted molar refractivity (Wildman–Crippen MR) is 61.2 cm³/mol. The number of aromatic carboxylic acids is 1. The Labute approximate surface area is 99.2 Å². The Bertz CT molecular complexity index is 397. The second-order valence-electron chi connectivity index (χ2n) is 4.24. The van der Waals surface area contributed by atoms with Crippen LogP contribution in [-0.4, -0.2) is 46.3 Å². The van der Waals surface area contributed by atoms with E-state index < -0.39 is 5.97 Å². The highest BCUT2D eigenvalue weighted by molar-refractivity contribution is 5.86. The van der Waals surface area contributed by atoms with E-state index in [2.05, 4.69) is 9.97 Å². The maximum atomic E-state index is 10.7. The van der Waals surface area contributed by atoms with E-state index >= 15 is 0 Å². The maximum Gasteiger partial charge on any atom is 0.338 e. The Hall–Kier alpha value is -1.69. The third kappa shape index (κ3) is 2.71. The highest BCUT2D eigenvalue weighted by Crippen LogP contribution is 2.15. The van der Waals surface area contributed by atoms with Gasteiger partial charge in [0.1, 0.15) is 0 Å². The van der Waals surface area contributed by atoms with Crippen molar-refractivity contribution in [3.63, 3.8) is 0 Å². The van der Waals surface area contributed by atoms with E-state index in [1.807, 2.05) is 18.7 Å². The SMILES string of the molecule is CC1CN(c2ncc(C(=O)O)cn2)C[C@H](C)O1. The predicted octanol–water partition coefficient (Wildman–Crippen LogP) is 0.788. The number of carbonyl (C=O) groups is 1. The number of rotatable bonds is 2. The van der Waals surface area contributed by atoms with Gasteiger partial charge in [-0.1, -0.05) is 0 Å². The van der Waals surface area contributed by atoms with Crippen LogP contribution >= 0.6 is 0 Å². The average Bonchev–Trinajstić information content (AvgIpc) is 2.28. The van der Waals surface area contributed by atoms with E-state index in [0.717, 1.165) is 13.1 Å². The number of hydrogen-bond acceptors (Lipinski definition) is 5. The molecule has 1 N–H and O–H groups in total. The van der Waals surface area contributed by atoms with Gasteiger partial charge in [-0.25, -0.2) is 14.8 Å². The Kier molecular flexibility index (Phi) is 3.23. The van der Waals surface area contributed by atoms with Crippen molar-refractivity contribution in [2.45, 2.75) is 26.1 Å². The lowest BCUT2D eigenvalue weighted by atomic mass is 10.2. The minimum Gasteiger partial charge on any atom is -0.478 e. The standard InChI is InChI=1S/C11H15N3O3/c1-7-5-14(6-8(2)17-7)11-12-3-9(4-13-11)10(15)16/h3-4,7-8H,5-6H2,1-2H3,(H,15,16)/t7-,8?/m0/s1. The molecular formula is C11H15N3O3. The maximum absolute atomic E-state index is 10.7. The highest BCUT2D eigenvalue weighted by atomic mass is 16.5. The number of nitrogens with zero attached hydrogens (tertiary/aromatic N) is 3. The number of carboxylic acids is 1. The van der Waals surface area contributed by atoms with Gasteiger partial charge in [-0.05, 0) is 13.8 Å². The number of carboxylic acid groups (broad SMARTS) is 1. The van der Waals surface area contributed by atoms with Crippen LogP contribution in [0.2, 0.25) is 0 Å². The van der Waals surface area contributed by atoms with Crippen molar-refractivity contribution in [1.29, 1.82) is 0 Å². The second-order valence-corrected chi connectivity index (χ2v) is 4.24. The molecule has 1 unspecified atom stereocenters. The molecule has 1 aliphatic rings. The Morgan fingerprint density at radius 3 is 2.35 bits per heavy atom. The van der Waals surface area contributed by atoms with E-state index in [1.54, 1.807) is 0 Å². The molecular weight excluding hydrogens is 222 g/mol. The summed E-state index contributed by atoms with van der Waals surface area (Å²) in [6, 6.07) is 0. The first-order valence-corrected chi connectivity index (χ1v) is 5.52. The lowest BCUT2D eigenvalue weighted by molar-refractivity contribution is -0.00573. The van der Waals surface area contributed by atoms with Gasteiger partial charge in [-0.2, -0.15) is 0 Å². The first-order valence-electron chi connectivity index (χ1n) is 5.52. The van der Waals surface area contributed by atoms with Crippen LogP contribution in [0.3, 0.4) is 0 Å². The third-order valence-electron chi connectivity index (χ3n) is 2.59. The molecule has 0 aliphatic carbocycles. The van der Waals surface area contributed by atoms with Gasteiger partial charge in [0.05, 0.1) is 17.8 Å². The van der Waals surface area contributed by atoms with E-state index in [1.165, 1.54) is 12.4 Å². The summed E-state index contributed by atoms with van der Waals surface area (Å²) in [4.78, 5) is 20.8. The minimum atomic E-state index is -1.01. The minimum absolute atomic E-state index is 0.100. The van der Waals surface area contributed by atoms with Crippen LogP contribution in [0.5, 0.6) is 0 Å². The van der Waals surface area contributed by atoms with Crippen molar-refractivity contribution >= 4 is 11.9 Å². The summed E-state index contributed by atoms with van der Waals surface area (Å²) in [5.74, 6) is -0.461. The molecule has 1 aromatic rings. The first kappa shape index (κ1) is 11.8. The van der Waals surface area contributed by atoms with Gasteiger partial charge >= 0.3 is 5.97 Å². The molecule has 0 amide bonds. The number of anilines is 1. The van der Waals surface area contributed by atoms with Crippen molar-refractivity contribution in [3.05, 3.63) is 18.0 Å². The van der Waals surface area contributed by atoms with Crippen LogP contribution < -0.4 is 4.90 Å². The van der Waals surface area contributed by atoms with Crippen LogP contribution in [-0.2, 0) is 4.74 Å². The molecule has 17 heavy (non-hydrogen) atoms. The molecule has 0 spiro atoms. The van der Waals surface area contributed by atoms with E-state index in [0.29, 0.717) is 5.95 Å². The van der Waals surface area contributed by atoms with Crippen molar-refractivity contribution in [1.82, 2.24) is 9.97 Å². The summed E-state index contributed by atoms with van der Waals surface area (Å²) in [5.41, 5.74) is 0.100. The molecule has 0 bridgehead atoms. The summed E-state index contributed by atoms with van der Waals surface area (Å²) in [6.45, 7) is 5.43. The average molecular weight is 237 g/mol. The highest BCUT2D eigenvalue weighted by Gasteiger charge is 2.23. The van der Waals surface area contributed by atoms with Gasteiger partial charge in [0, 0.05) is 25.5 Å². The lowest BCUT2D eigenvalue weighted by Crippen LogP contribution is -2.46. The molecule has 6 heteroatoms. The number of aromatic nitrogens is 2. The van der Waals surface area contributed by atoms with Crippen molar-refractivity contribution in [3.8, 4) is 0 Å². The Morgan fingerprint density at radius 1 is 1.35 bits per heavy atom. The van der Waals surface area contributed by atoms with E-state index in [4.69, 9.17) is 9.84 Å². The van der Waals surface area contributed by atoms with Crippen molar-refractivity contribution in [2.24, 2.45) is 0 Å². The van der Waals surface area contributed by atoms with Crippen LogP contribution in [0.15, 0.2) is 12.4 Å². The van der Waals surface area contributed by atoms with Crippen molar-refractivity contribution in [2.75, 3.05) is 18.0 Å². The van der Waals surface area contributed by atoms with Crippen LogP contribution in [0, 0.1) is 0 Å². The van der Waals surface area contributed by atoms with Gasteiger partial charge in [-0.3, -0.25) is 0 Å². The number of hydrogen-bond donors (Lipinski definition) is 1. The Morgan fingerprint density at radius 2 is 1.88 bits per heavy atom. The first-order chi connectivity index (χ1) is 8.06. The summed E-state index contributed by atoms with van der Waals surface area (Å²) in [6.07, 6.45) is 2.91. The molecule has 0 aromatic carbocycles. The Balaban J connectivity index is 2.14. The second kappa shape index (κ2) is 4.67. The molecule has 1 fully saturated rings. The molecule has 6 nitrogen and oxygen atoms in total. The molecule has 92 valence electrons. The fourth-order valence-corrected chi connectivity index (χ4v) is 1.94. The zero-order valence-corrected chi connectivity index (χ0v) is 9.83. The molecule has 0 saturated carbocycles. The largest absolute Gasteiger partial charge is 0.478 e. The molecule has 1 aliphatic heterocycles. The monoisotopic (exact) mass is 237 g/mol. The lowest BCUT2D eigenvalue weighted by Gasteiger charge is -2.35. The topological polar surface area (TPSA) is 75.6 Å². The molecule has 2 atom stereocenters. The zero-order chi connectivity index (χ0) is 12.4. The molecule has 0 radical (unpaired) electrons. The van der Waals surface area contributed by atoms with Gasteiger partial charge < -0.3 is 14.7 Å². The van der Waals surface area contributed by atoms with Gasteiger partial charge in [0.2, 0.25) is 5.95 Å². The van der Waals surface area contributed by atoms with Crippen molar-refractivity contribution < 1.29 is 14.6 Å². The smallest absolute Gasteiger partial charge is 0.338 e. The van der Waals surface area contributed by atoms with Gasteiger partial charge in [0.25, 0.3) is 0 Å². The molecule has 2 rings (SSSR count). The summed E-state index contributed by atoms with van der Waals surface area (Å²) in [7, 11) is 0. The van der Waals surface area contributed by atoms with Gasteiger partial charge in [-0.15, -0.1) is 0 Å². The fourth-order valence-electron chi connectivity index (χ4n) is 1.94. The van der Waals surface area contributed by atoms with Gasteiger partial charge in [0.15, 0.2) is 0 Å². The van der Waals surface area contributed by atoms with E-state index in [9.17, 15) is 4.79 Å². The fraction of sp³-hybridized carbons (Fsp3) is 0.545. The summed E-state index contributed by atoms with van der Waals surface area (Å²) in [5, 5.41) is 8.76. The normalized spacial score (nSPS) is 24.7. The summed E-state index contributed by atoms with van der Waals surface area (Å²) >= 11 is 0. The molecule has 1 aromatic heterocycles. The molecule has 2 heterocycles. The number of ether oxygens (including phenoxy) is 1.